The number of aliphatic hydroxyl groups excluding tert-OH is 1. The van der Waals surface area contributed by atoms with E-state index in [1.54, 1.807) is 12.1 Å². The number of aromatic hydroxyl groups is 1. The van der Waals surface area contributed by atoms with E-state index >= 15 is 0 Å². The van der Waals surface area contributed by atoms with E-state index in [1.165, 1.54) is 0 Å². The van der Waals surface area contributed by atoms with Crippen molar-refractivity contribution in [2.45, 2.75) is 25.9 Å². The van der Waals surface area contributed by atoms with Crippen molar-refractivity contribution in [3.05, 3.63) is 17.7 Å². The number of aliphatic hydroxyl groups is 1. The molecule has 1 aliphatic heterocycles. The summed E-state index contributed by atoms with van der Waals surface area (Å²) < 4.78 is 10.4. The standard InChI is InChI=1S/C12H17NO4/c1-2-9(6-14)13-5-8-3-11-12(4-10(8)15)17-7-16-11/h3-4,9,13-15H,2,5-7H2,1H3/t9-/m0/s1. The summed E-state index contributed by atoms with van der Waals surface area (Å²) in [5.41, 5.74) is 0.737. The molecule has 3 N–H and O–H groups in total. The Morgan fingerprint density at radius 1 is 1.35 bits per heavy atom. The Balaban J connectivity index is 2.06. The molecule has 0 amide bonds. The van der Waals surface area contributed by atoms with Crippen LogP contribution in [0.4, 0.5) is 0 Å². The van der Waals surface area contributed by atoms with E-state index in [1.807, 2.05) is 6.92 Å². The molecule has 0 aliphatic carbocycles. The molecule has 0 radical (unpaired) electrons. The van der Waals surface area contributed by atoms with Crippen molar-refractivity contribution in [3.8, 4) is 17.2 Å². The highest BCUT2D eigenvalue weighted by molar-refractivity contribution is 5.51. The smallest absolute Gasteiger partial charge is 0.231 e. The maximum Gasteiger partial charge on any atom is 0.231 e. The second kappa shape index (κ2) is 5.25. The summed E-state index contributed by atoms with van der Waals surface area (Å²) in [6, 6.07) is 3.36. The number of hydrogen-bond donors (Lipinski definition) is 3. The van der Waals surface area contributed by atoms with Crippen LogP contribution < -0.4 is 14.8 Å². The van der Waals surface area contributed by atoms with Gasteiger partial charge in [0.25, 0.3) is 0 Å². The predicted octanol–water partition coefficient (Wildman–Crippen LogP) is 0.981. The quantitative estimate of drug-likeness (QED) is 0.714. The van der Waals surface area contributed by atoms with Crippen molar-refractivity contribution in [2.24, 2.45) is 0 Å². The molecule has 0 saturated carbocycles. The molecule has 2 rings (SSSR count). The zero-order valence-electron chi connectivity index (χ0n) is 9.77. The molecule has 0 bridgehead atoms. The average Bonchev–Trinajstić information content (AvgIpc) is 2.77. The lowest BCUT2D eigenvalue weighted by Crippen LogP contribution is -2.31. The van der Waals surface area contributed by atoms with E-state index in [-0.39, 0.29) is 25.2 Å². The van der Waals surface area contributed by atoms with Gasteiger partial charge in [-0.2, -0.15) is 0 Å². The molecule has 94 valence electrons. The van der Waals surface area contributed by atoms with Gasteiger partial charge in [0, 0.05) is 24.2 Å². The summed E-state index contributed by atoms with van der Waals surface area (Å²) >= 11 is 0. The first-order chi connectivity index (χ1) is 8.24. The Bertz CT molecular complexity index is 390. The van der Waals surface area contributed by atoms with Gasteiger partial charge in [-0.15, -0.1) is 0 Å². The maximum absolute atomic E-state index is 9.79. The maximum atomic E-state index is 9.79. The number of fused-ring (bicyclic) bond motifs is 1. The van der Waals surface area contributed by atoms with Gasteiger partial charge in [0.15, 0.2) is 11.5 Å². The number of ether oxygens (including phenoxy) is 2. The molecule has 5 heteroatoms. The lowest BCUT2D eigenvalue weighted by Gasteiger charge is -2.14. The van der Waals surface area contributed by atoms with Gasteiger partial charge in [-0.25, -0.2) is 0 Å². The first-order valence-corrected chi connectivity index (χ1v) is 5.70. The average molecular weight is 239 g/mol. The third kappa shape index (κ3) is 2.62. The van der Waals surface area contributed by atoms with Crippen LogP contribution in [0.5, 0.6) is 17.2 Å². The van der Waals surface area contributed by atoms with Crippen LogP contribution in [0, 0.1) is 0 Å². The first-order valence-electron chi connectivity index (χ1n) is 5.70. The van der Waals surface area contributed by atoms with Gasteiger partial charge >= 0.3 is 0 Å². The number of nitrogens with one attached hydrogen (secondary N) is 1. The van der Waals surface area contributed by atoms with Gasteiger partial charge in [-0.05, 0) is 12.5 Å². The first kappa shape index (κ1) is 12.0. The fourth-order valence-electron chi connectivity index (χ4n) is 1.71. The number of phenolic OH excluding ortho intramolecular Hbond substituents is 1. The largest absolute Gasteiger partial charge is 0.507 e. The number of phenols is 1. The minimum absolute atomic E-state index is 0.0415. The van der Waals surface area contributed by atoms with Crippen molar-refractivity contribution in [1.82, 2.24) is 5.32 Å². The number of rotatable bonds is 5. The lowest BCUT2D eigenvalue weighted by molar-refractivity contribution is 0.174. The van der Waals surface area contributed by atoms with Gasteiger partial charge in [-0.3, -0.25) is 0 Å². The van der Waals surface area contributed by atoms with Crippen molar-refractivity contribution in [2.75, 3.05) is 13.4 Å². The molecule has 0 fully saturated rings. The second-order valence-electron chi connectivity index (χ2n) is 4.00. The van der Waals surface area contributed by atoms with Gasteiger partial charge in [-0.1, -0.05) is 6.92 Å². The van der Waals surface area contributed by atoms with E-state index in [2.05, 4.69) is 5.32 Å². The Labute approximate surface area is 100.0 Å². The zero-order valence-corrected chi connectivity index (χ0v) is 9.77. The van der Waals surface area contributed by atoms with Crippen LogP contribution in [0.3, 0.4) is 0 Å². The van der Waals surface area contributed by atoms with E-state index in [0.717, 1.165) is 12.0 Å². The van der Waals surface area contributed by atoms with Crippen LogP contribution in [0.25, 0.3) is 0 Å². The van der Waals surface area contributed by atoms with Gasteiger partial charge in [0.05, 0.1) is 6.61 Å². The molecule has 17 heavy (non-hydrogen) atoms. The van der Waals surface area contributed by atoms with Crippen LogP contribution in [0.15, 0.2) is 12.1 Å². The van der Waals surface area contributed by atoms with Crippen LogP contribution in [-0.4, -0.2) is 29.7 Å². The highest BCUT2D eigenvalue weighted by Crippen LogP contribution is 2.37. The highest BCUT2D eigenvalue weighted by atomic mass is 16.7. The summed E-state index contributed by atoms with van der Waals surface area (Å²) in [6.07, 6.45) is 0.835. The second-order valence-corrected chi connectivity index (χ2v) is 4.00. The molecular formula is C12H17NO4. The van der Waals surface area contributed by atoms with Crippen molar-refractivity contribution in [1.29, 1.82) is 0 Å². The van der Waals surface area contributed by atoms with E-state index in [9.17, 15) is 5.11 Å². The number of hydrogen-bond acceptors (Lipinski definition) is 5. The molecule has 1 aromatic carbocycles. The minimum atomic E-state index is 0.0415. The summed E-state index contributed by atoms with van der Waals surface area (Å²) in [5.74, 6) is 1.40. The van der Waals surface area contributed by atoms with Crippen LogP contribution >= 0.6 is 0 Å². The fraction of sp³-hybridized carbons (Fsp3) is 0.500. The summed E-state index contributed by atoms with van der Waals surface area (Å²) in [7, 11) is 0. The third-order valence-corrected chi connectivity index (χ3v) is 2.87. The van der Waals surface area contributed by atoms with Crippen molar-refractivity contribution < 1.29 is 19.7 Å². The molecule has 0 unspecified atom stereocenters. The van der Waals surface area contributed by atoms with Crippen LogP contribution in [0.1, 0.15) is 18.9 Å². The van der Waals surface area contributed by atoms with Gasteiger partial charge in [0.2, 0.25) is 6.79 Å². The molecule has 0 spiro atoms. The number of benzene rings is 1. The monoisotopic (exact) mass is 239 g/mol. The lowest BCUT2D eigenvalue weighted by atomic mass is 10.1. The molecule has 1 heterocycles. The van der Waals surface area contributed by atoms with Crippen LogP contribution in [-0.2, 0) is 6.54 Å². The molecular weight excluding hydrogens is 222 g/mol. The Morgan fingerprint density at radius 2 is 2.06 bits per heavy atom. The molecule has 1 atom stereocenters. The van der Waals surface area contributed by atoms with Crippen molar-refractivity contribution >= 4 is 0 Å². The molecule has 1 aliphatic rings. The van der Waals surface area contributed by atoms with E-state index in [0.29, 0.717) is 18.0 Å². The van der Waals surface area contributed by atoms with Crippen molar-refractivity contribution in [3.63, 3.8) is 0 Å². The summed E-state index contributed by atoms with van der Waals surface area (Å²) in [4.78, 5) is 0. The highest BCUT2D eigenvalue weighted by Gasteiger charge is 2.17. The normalized spacial score (nSPS) is 14.9. The van der Waals surface area contributed by atoms with E-state index < -0.39 is 0 Å². The topological polar surface area (TPSA) is 71.0 Å². The SMILES string of the molecule is CC[C@@H](CO)NCc1cc2c(cc1O)OCO2. The Kier molecular flexibility index (Phi) is 3.71. The Morgan fingerprint density at radius 3 is 2.71 bits per heavy atom. The molecule has 1 aromatic rings. The van der Waals surface area contributed by atoms with E-state index in [4.69, 9.17) is 14.6 Å². The molecule has 5 nitrogen and oxygen atoms in total. The molecule has 0 aromatic heterocycles. The summed E-state index contributed by atoms with van der Waals surface area (Å²) in [6.45, 7) is 2.76. The zero-order chi connectivity index (χ0) is 12.3. The van der Waals surface area contributed by atoms with Crippen LogP contribution in [0.2, 0.25) is 0 Å². The Hall–Kier alpha value is -1.46. The van der Waals surface area contributed by atoms with Gasteiger partial charge in [0.1, 0.15) is 5.75 Å². The molecule has 0 saturated heterocycles. The minimum Gasteiger partial charge on any atom is -0.507 e. The fourth-order valence-corrected chi connectivity index (χ4v) is 1.71. The van der Waals surface area contributed by atoms with Gasteiger partial charge < -0.3 is 25.0 Å². The predicted molar refractivity (Wildman–Crippen MR) is 62.2 cm³/mol. The third-order valence-electron chi connectivity index (χ3n) is 2.87. The summed E-state index contributed by atoms with van der Waals surface area (Å²) in [5, 5.41) is 22.0.